The molecule has 17 heavy (non-hydrogen) atoms. The normalized spacial score (nSPS) is 15.4. The fourth-order valence-electron chi connectivity index (χ4n) is 1.51. The first-order valence-corrected chi connectivity index (χ1v) is 8.93. The highest BCUT2D eigenvalue weighted by Gasteiger charge is 2.26. The molecule has 0 amide bonds. The van der Waals surface area contributed by atoms with Crippen molar-refractivity contribution in [3.05, 3.63) is 29.8 Å². The highest BCUT2D eigenvalue weighted by molar-refractivity contribution is 6.88. The number of carbonyl (C=O) groups is 1. The zero-order chi connectivity index (χ0) is 13.2. The number of hydrogen-bond acceptors (Lipinski definition) is 3. The van der Waals surface area contributed by atoms with Gasteiger partial charge in [-0.2, -0.15) is 0 Å². The predicted molar refractivity (Wildman–Crippen MR) is 68.0 cm³/mol. The molecule has 0 saturated heterocycles. The average Bonchev–Trinajstić information content (AvgIpc) is 2.26. The van der Waals surface area contributed by atoms with Crippen molar-refractivity contribution in [1.82, 2.24) is 0 Å². The number of rotatable bonds is 4. The van der Waals surface area contributed by atoms with E-state index in [1.165, 1.54) is 0 Å². The molecule has 0 aromatic heterocycles. The van der Waals surface area contributed by atoms with E-state index in [1.807, 2.05) is 6.07 Å². The maximum absolute atomic E-state index is 10.6. The standard InChI is InChI=1S/C12H18O4Si/c1-17(2,3)9-6-4-5-8(7-9)10(13)11(14)12(15)16/h4-7,10-11,13-14H,1-3H3,(H,15,16). The van der Waals surface area contributed by atoms with Crippen molar-refractivity contribution in [3.63, 3.8) is 0 Å². The number of aliphatic carboxylic acids is 1. The zero-order valence-electron chi connectivity index (χ0n) is 10.2. The van der Waals surface area contributed by atoms with Gasteiger partial charge in [-0.15, -0.1) is 0 Å². The predicted octanol–water partition coefficient (Wildman–Crippen LogP) is 0.711. The molecule has 0 bridgehead atoms. The Morgan fingerprint density at radius 1 is 1.24 bits per heavy atom. The Balaban J connectivity index is 3.04. The molecule has 4 nitrogen and oxygen atoms in total. The van der Waals surface area contributed by atoms with E-state index in [9.17, 15) is 15.0 Å². The summed E-state index contributed by atoms with van der Waals surface area (Å²) in [5.74, 6) is -1.42. The van der Waals surface area contributed by atoms with Crippen LogP contribution in [-0.4, -0.2) is 35.5 Å². The Labute approximate surface area is 102 Å². The van der Waals surface area contributed by atoms with E-state index in [0.717, 1.165) is 5.19 Å². The van der Waals surface area contributed by atoms with Crippen LogP contribution in [0.3, 0.4) is 0 Å². The Bertz CT molecular complexity index is 411. The lowest BCUT2D eigenvalue weighted by atomic mass is 10.0. The SMILES string of the molecule is C[Si](C)(C)c1cccc(C(O)C(O)C(=O)O)c1. The van der Waals surface area contributed by atoms with Gasteiger partial charge in [-0.25, -0.2) is 4.79 Å². The summed E-state index contributed by atoms with van der Waals surface area (Å²) in [6.45, 7) is 6.48. The highest BCUT2D eigenvalue weighted by Crippen LogP contribution is 2.17. The maximum atomic E-state index is 10.6. The summed E-state index contributed by atoms with van der Waals surface area (Å²) < 4.78 is 0. The summed E-state index contributed by atoms with van der Waals surface area (Å²) in [5, 5.41) is 28.8. The van der Waals surface area contributed by atoms with E-state index < -0.39 is 26.3 Å². The lowest BCUT2D eigenvalue weighted by molar-refractivity contribution is -0.153. The first-order chi connectivity index (χ1) is 7.73. The fourth-order valence-corrected chi connectivity index (χ4v) is 2.70. The molecule has 0 aliphatic rings. The molecule has 1 aromatic rings. The number of benzene rings is 1. The van der Waals surface area contributed by atoms with E-state index in [0.29, 0.717) is 5.56 Å². The van der Waals surface area contributed by atoms with Crippen LogP contribution < -0.4 is 5.19 Å². The van der Waals surface area contributed by atoms with Crippen LogP contribution in [0.25, 0.3) is 0 Å². The van der Waals surface area contributed by atoms with Gasteiger partial charge >= 0.3 is 5.97 Å². The van der Waals surface area contributed by atoms with Crippen LogP contribution in [-0.2, 0) is 4.79 Å². The molecule has 0 heterocycles. The van der Waals surface area contributed by atoms with E-state index in [-0.39, 0.29) is 0 Å². The molecule has 0 aliphatic heterocycles. The van der Waals surface area contributed by atoms with Gasteiger partial charge < -0.3 is 15.3 Å². The molecule has 3 N–H and O–H groups in total. The quantitative estimate of drug-likeness (QED) is 0.692. The van der Waals surface area contributed by atoms with E-state index in [2.05, 4.69) is 19.6 Å². The second-order valence-corrected chi connectivity index (χ2v) is 10.2. The molecule has 5 heteroatoms. The van der Waals surface area contributed by atoms with Gasteiger partial charge in [0.2, 0.25) is 0 Å². The molecular weight excluding hydrogens is 236 g/mol. The summed E-state index contributed by atoms with van der Waals surface area (Å²) in [7, 11) is -1.51. The van der Waals surface area contributed by atoms with Crippen molar-refractivity contribution in [1.29, 1.82) is 0 Å². The minimum Gasteiger partial charge on any atom is -0.479 e. The molecule has 2 unspecified atom stereocenters. The van der Waals surface area contributed by atoms with Crippen molar-refractivity contribution in [2.75, 3.05) is 0 Å². The Kier molecular flexibility index (Phi) is 4.08. The summed E-state index contributed by atoms with van der Waals surface area (Å²) in [4.78, 5) is 10.6. The first-order valence-electron chi connectivity index (χ1n) is 5.43. The maximum Gasteiger partial charge on any atom is 0.335 e. The second-order valence-electron chi connectivity index (χ2n) is 5.10. The largest absolute Gasteiger partial charge is 0.479 e. The van der Waals surface area contributed by atoms with Crippen LogP contribution in [0.1, 0.15) is 11.7 Å². The van der Waals surface area contributed by atoms with Crippen LogP contribution in [0.5, 0.6) is 0 Å². The van der Waals surface area contributed by atoms with Gasteiger partial charge in [0, 0.05) is 0 Å². The van der Waals surface area contributed by atoms with Gasteiger partial charge in [-0.3, -0.25) is 0 Å². The van der Waals surface area contributed by atoms with Crippen LogP contribution in [0, 0.1) is 0 Å². The third kappa shape index (κ3) is 3.39. The smallest absolute Gasteiger partial charge is 0.335 e. The molecule has 0 saturated carbocycles. The Morgan fingerprint density at radius 3 is 2.29 bits per heavy atom. The number of carboxylic acid groups (broad SMARTS) is 1. The van der Waals surface area contributed by atoms with Crippen molar-refractivity contribution >= 4 is 19.2 Å². The fraction of sp³-hybridized carbons (Fsp3) is 0.417. The molecule has 1 rings (SSSR count). The molecule has 0 spiro atoms. The van der Waals surface area contributed by atoms with Gasteiger partial charge in [0.05, 0.1) is 8.07 Å². The number of aliphatic hydroxyl groups excluding tert-OH is 2. The number of hydrogen-bond donors (Lipinski definition) is 3. The van der Waals surface area contributed by atoms with E-state index in [4.69, 9.17) is 5.11 Å². The number of aliphatic hydroxyl groups is 2. The third-order valence-electron chi connectivity index (χ3n) is 2.65. The monoisotopic (exact) mass is 254 g/mol. The average molecular weight is 254 g/mol. The van der Waals surface area contributed by atoms with Crippen LogP contribution >= 0.6 is 0 Å². The zero-order valence-corrected chi connectivity index (χ0v) is 11.2. The summed E-state index contributed by atoms with van der Waals surface area (Å²) in [6, 6.07) is 7.15. The molecular formula is C12H18O4Si. The first kappa shape index (κ1) is 13.9. The van der Waals surface area contributed by atoms with Crippen LogP contribution in [0.2, 0.25) is 19.6 Å². The van der Waals surface area contributed by atoms with Gasteiger partial charge in [0.15, 0.2) is 6.10 Å². The lowest BCUT2D eigenvalue weighted by Crippen LogP contribution is -2.38. The van der Waals surface area contributed by atoms with Gasteiger partial charge in [-0.1, -0.05) is 49.1 Å². The lowest BCUT2D eigenvalue weighted by Gasteiger charge is -2.20. The minimum atomic E-state index is -1.79. The highest BCUT2D eigenvalue weighted by atomic mass is 28.3. The Morgan fingerprint density at radius 2 is 1.82 bits per heavy atom. The molecule has 94 valence electrons. The van der Waals surface area contributed by atoms with Gasteiger partial charge in [0.1, 0.15) is 6.10 Å². The number of carboxylic acids is 1. The summed E-state index contributed by atoms with van der Waals surface area (Å²) in [6.07, 6.45) is -3.17. The van der Waals surface area contributed by atoms with Crippen molar-refractivity contribution in [2.45, 2.75) is 31.8 Å². The molecule has 0 aliphatic carbocycles. The van der Waals surface area contributed by atoms with E-state index in [1.54, 1.807) is 18.2 Å². The van der Waals surface area contributed by atoms with Crippen molar-refractivity contribution < 1.29 is 20.1 Å². The topological polar surface area (TPSA) is 77.8 Å². The van der Waals surface area contributed by atoms with E-state index >= 15 is 0 Å². The van der Waals surface area contributed by atoms with Gasteiger partial charge in [-0.05, 0) is 5.56 Å². The molecule has 0 fully saturated rings. The Hall–Kier alpha value is -1.17. The van der Waals surface area contributed by atoms with Crippen molar-refractivity contribution in [3.8, 4) is 0 Å². The van der Waals surface area contributed by atoms with Crippen LogP contribution in [0.4, 0.5) is 0 Å². The molecule has 1 aromatic carbocycles. The summed E-state index contributed by atoms with van der Waals surface area (Å²) >= 11 is 0. The van der Waals surface area contributed by atoms with Crippen LogP contribution in [0.15, 0.2) is 24.3 Å². The summed E-state index contributed by atoms with van der Waals surface area (Å²) in [5.41, 5.74) is 0.444. The molecule has 2 atom stereocenters. The van der Waals surface area contributed by atoms with Crippen molar-refractivity contribution in [2.24, 2.45) is 0 Å². The van der Waals surface area contributed by atoms with Gasteiger partial charge in [0.25, 0.3) is 0 Å². The second kappa shape index (κ2) is 4.99. The molecule has 0 radical (unpaired) electrons. The minimum absolute atomic E-state index is 0.444. The third-order valence-corrected chi connectivity index (χ3v) is 4.69.